The maximum Gasteiger partial charge on any atom is 0.251 e. The van der Waals surface area contributed by atoms with Gasteiger partial charge in [-0.3, -0.25) is 9.59 Å². The van der Waals surface area contributed by atoms with Gasteiger partial charge in [0.15, 0.2) is 0 Å². The van der Waals surface area contributed by atoms with Crippen LogP contribution in [0.4, 0.5) is 0 Å². The Morgan fingerprint density at radius 3 is 2.70 bits per heavy atom. The van der Waals surface area contributed by atoms with E-state index in [1.54, 1.807) is 17.0 Å². The van der Waals surface area contributed by atoms with Crippen molar-refractivity contribution in [1.82, 2.24) is 10.2 Å². The second kappa shape index (κ2) is 7.05. The highest BCUT2D eigenvalue weighted by molar-refractivity contribution is 5.94. The summed E-state index contributed by atoms with van der Waals surface area (Å²) in [6.45, 7) is 0.619. The first kappa shape index (κ1) is 14.5. The Balaban J connectivity index is 1.91. The van der Waals surface area contributed by atoms with Crippen LogP contribution in [0.2, 0.25) is 0 Å². The average molecular weight is 276 g/mol. The molecule has 1 atom stereocenters. The number of hydrogen-bond acceptors (Lipinski definition) is 3. The van der Waals surface area contributed by atoms with Crippen molar-refractivity contribution in [2.75, 3.05) is 19.7 Å². The molecule has 1 fully saturated rings. The van der Waals surface area contributed by atoms with Gasteiger partial charge in [0.1, 0.15) is 6.61 Å². The summed E-state index contributed by atoms with van der Waals surface area (Å²) in [7, 11) is 0. The Morgan fingerprint density at radius 1 is 1.25 bits per heavy atom. The van der Waals surface area contributed by atoms with E-state index in [-0.39, 0.29) is 17.9 Å². The fourth-order valence-electron chi connectivity index (χ4n) is 2.53. The highest BCUT2D eigenvalue weighted by Crippen LogP contribution is 2.16. The molecule has 0 bridgehead atoms. The molecule has 1 aliphatic heterocycles. The Morgan fingerprint density at radius 2 is 2.00 bits per heavy atom. The van der Waals surface area contributed by atoms with Crippen molar-refractivity contribution >= 4 is 11.8 Å². The minimum absolute atomic E-state index is 0.0175. The lowest BCUT2D eigenvalue weighted by Gasteiger charge is -2.35. The molecular weight excluding hydrogens is 256 g/mol. The van der Waals surface area contributed by atoms with E-state index in [1.165, 1.54) is 0 Å². The highest BCUT2D eigenvalue weighted by atomic mass is 16.3. The van der Waals surface area contributed by atoms with Crippen LogP contribution >= 0.6 is 0 Å². The molecule has 1 aromatic carbocycles. The lowest BCUT2D eigenvalue weighted by molar-refractivity contribution is -0.137. The number of aliphatic hydroxyl groups excluding tert-OH is 1. The van der Waals surface area contributed by atoms with E-state index in [2.05, 4.69) is 5.32 Å². The van der Waals surface area contributed by atoms with Gasteiger partial charge in [-0.1, -0.05) is 18.2 Å². The molecule has 1 saturated heterocycles. The summed E-state index contributed by atoms with van der Waals surface area (Å²) >= 11 is 0. The van der Waals surface area contributed by atoms with Gasteiger partial charge in [0.25, 0.3) is 5.91 Å². The maximum absolute atomic E-state index is 12.0. The lowest BCUT2D eigenvalue weighted by atomic mass is 10.0. The molecule has 1 heterocycles. The summed E-state index contributed by atoms with van der Waals surface area (Å²) < 4.78 is 0. The smallest absolute Gasteiger partial charge is 0.251 e. The average Bonchev–Trinajstić information content (AvgIpc) is 2.53. The topological polar surface area (TPSA) is 69.6 Å². The van der Waals surface area contributed by atoms with Gasteiger partial charge in [0.05, 0.1) is 0 Å². The quantitative estimate of drug-likeness (QED) is 0.854. The van der Waals surface area contributed by atoms with Crippen LogP contribution in [0.15, 0.2) is 30.3 Å². The molecule has 1 aromatic rings. The molecule has 0 radical (unpaired) electrons. The highest BCUT2D eigenvalue weighted by Gasteiger charge is 2.26. The van der Waals surface area contributed by atoms with Gasteiger partial charge in [-0.05, 0) is 31.4 Å². The predicted molar refractivity (Wildman–Crippen MR) is 75.2 cm³/mol. The van der Waals surface area contributed by atoms with Crippen LogP contribution in [-0.4, -0.2) is 47.6 Å². The first-order valence-electron chi connectivity index (χ1n) is 6.96. The monoisotopic (exact) mass is 276 g/mol. The minimum Gasteiger partial charge on any atom is -0.387 e. The summed E-state index contributed by atoms with van der Waals surface area (Å²) in [6.07, 6.45) is 2.86. The third-order valence-corrected chi connectivity index (χ3v) is 3.62. The SMILES string of the molecule is O=C(NCC1CCCCN1C(=O)CO)c1ccccc1. The molecule has 2 amide bonds. The van der Waals surface area contributed by atoms with E-state index in [1.807, 2.05) is 18.2 Å². The fraction of sp³-hybridized carbons (Fsp3) is 0.467. The molecule has 0 spiro atoms. The molecule has 1 unspecified atom stereocenters. The normalized spacial score (nSPS) is 18.6. The van der Waals surface area contributed by atoms with E-state index >= 15 is 0 Å². The predicted octanol–water partition coefficient (Wildman–Crippen LogP) is 0.790. The van der Waals surface area contributed by atoms with Crippen molar-refractivity contribution in [2.24, 2.45) is 0 Å². The summed E-state index contributed by atoms with van der Waals surface area (Å²) in [4.78, 5) is 25.3. The van der Waals surface area contributed by atoms with E-state index in [9.17, 15) is 9.59 Å². The zero-order valence-corrected chi connectivity index (χ0v) is 11.4. The van der Waals surface area contributed by atoms with E-state index in [4.69, 9.17) is 5.11 Å². The fourth-order valence-corrected chi connectivity index (χ4v) is 2.53. The van der Waals surface area contributed by atoms with Gasteiger partial charge in [-0.25, -0.2) is 0 Å². The summed E-state index contributed by atoms with van der Waals surface area (Å²) in [5.41, 5.74) is 0.614. The van der Waals surface area contributed by atoms with Crippen molar-refractivity contribution < 1.29 is 14.7 Å². The molecule has 20 heavy (non-hydrogen) atoms. The van der Waals surface area contributed by atoms with Crippen molar-refractivity contribution in [2.45, 2.75) is 25.3 Å². The number of carbonyl (C=O) groups excluding carboxylic acids is 2. The molecule has 0 aliphatic carbocycles. The van der Waals surface area contributed by atoms with E-state index in [0.717, 1.165) is 19.3 Å². The largest absolute Gasteiger partial charge is 0.387 e. The number of hydrogen-bond donors (Lipinski definition) is 2. The van der Waals surface area contributed by atoms with Crippen LogP contribution in [0, 0.1) is 0 Å². The van der Waals surface area contributed by atoms with E-state index in [0.29, 0.717) is 18.7 Å². The standard InChI is InChI=1S/C15H20N2O3/c18-11-14(19)17-9-5-4-8-13(17)10-16-15(20)12-6-2-1-3-7-12/h1-3,6-7,13,18H,4-5,8-11H2,(H,16,20). The first-order valence-corrected chi connectivity index (χ1v) is 6.96. The molecule has 108 valence electrons. The molecule has 0 aromatic heterocycles. The number of likely N-dealkylation sites (tertiary alicyclic amines) is 1. The summed E-state index contributed by atoms with van der Waals surface area (Å²) in [5, 5.41) is 11.8. The number of nitrogens with one attached hydrogen (secondary N) is 1. The molecule has 1 aliphatic rings. The van der Waals surface area contributed by atoms with Crippen molar-refractivity contribution in [1.29, 1.82) is 0 Å². The molecular formula is C15H20N2O3. The third-order valence-electron chi connectivity index (χ3n) is 3.62. The van der Waals surface area contributed by atoms with Crippen LogP contribution in [0.1, 0.15) is 29.6 Å². The molecule has 5 nitrogen and oxygen atoms in total. The maximum atomic E-state index is 12.0. The van der Waals surface area contributed by atoms with Crippen LogP contribution in [-0.2, 0) is 4.79 Å². The minimum atomic E-state index is -0.469. The van der Waals surface area contributed by atoms with Gasteiger partial charge < -0.3 is 15.3 Å². The number of aliphatic hydroxyl groups is 1. The second-order valence-corrected chi connectivity index (χ2v) is 4.97. The van der Waals surface area contributed by atoms with Crippen molar-refractivity contribution in [3.05, 3.63) is 35.9 Å². The van der Waals surface area contributed by atoms with Crippen LogP contribution in [0.25, 0.3) is 0 Å². The second-order valence-electron chi connectivity index (χ2n) is 4.97. The Labute approximate surface area is 118 Å². The number of piperidine rings is 1. The zero-order chi connectivity index (χ0) is 14.4. The van der Waals surface area contributed by atoms with Crippen LogP contribution in [0.5, 0.6) is 0 Å². The Hall–Kier alpha value is -1.88. The number of nitrogens with zero attached hydrogens (tertiary/aromatic N) is 1. The van der Waals surface area contributed by atoms with E-state index < -0.39 is 6.61 Å². The van der Waals surface area contributed by atoms with Crippen LogP contribution < -0.4 is 5.32 Å². The first-order chi connectivity index (χ1) is 9.72. The third kappa shape index (κ3) is 3.57. The summed E-state index contributed by atoms with van der Waals surface area (Å²) in [5.74, 6) is -0.392. The molecule has 2 rings (SSSR count). The Bertz CT molecular complexity index is 461. The van der Waals surface area contributed by atoms with Crippen molar-refractivity contribution in [3.8, 4) is 0 Å². The Kier molecular flexibility index (Phi) is 5.12. The van der Waals surface area contributed by atoms with Gasteiger partial charge in [0, 0.05) is 24.7 Å². The van der Waals surface area contributed by atoms with Gasteiger partial charge in [-0.2, -0.15) is 0 Å². The summed E-state index contributed by atoms with van der Waals surface area (Å²) in [6, 6.07) is 8.99. The molecule has 0 saturated carbocycles. The van der Waals surface area contributed by atoms with Gasteiger partial charge >= 0.3 is 0 Å². The number of carbonyl (C=O) groups is 2. The van der Waals surface area contributed by atoms with Crippen molar-refractivity contribution in [3.63, 3.8) is 0 Å². The molecule has 5 heteroatoms. The van der Waals surface area contributed by atoms with Gasteiger partial charge in [0.2, 0.25) is 5.91 Å². The molecule has 2 N–H and O–H groups in total. The zero-order valence-electron chi connectivity index (χ0n) is 11.4. The number of benzene rings is 1. The number of amides is 2. The number of rotatable bonds is 4. The van der Waals surface area contributed by atoms with Crippen LogP contribution in [0.3, 0.4) is 0 Å². The van der Waals surface area contributed by atoms with Gasteiger partial charge in [-0.15, -0.1) is 0 Å². The lowest BCUT2D eigenvalue weighted by Crippen LogP contribution is -2.50.